The number of benzene rings is 1. The standard InChI is InChI=1S/C14H17N3O2/c1-10(2)13-4-3-7-16(13)14-6-5-12(17(18)19)8-11(14)9-15/h5-6,8,10,13H,3-4,7H2,1-2H3. The summed E-state index contributed by atoms with van der Waals surface area (Å²) >= 11 is 0. The molecule has 0 aromatic heterocycles. The normalized spacial score (nSPS) is 18.6. The van der Waals surface area contributed by atoms with Crippen LogP contribution in [0.4, 0.5) is 11.4 Å². The first-order valence-electron chi connectivity index (χ1n) is 6.49. The molecule has 2 rings (SSSR count). The highest BCUT2D eigenvalue weighted by Gasteiger charge is 2.29. The van der Waals surface area contributed by atoms with Crippen LogP contribution in [0.5, 0.6) is 0 Å². The summed E-state index contributed by atoms with van der Waals surface area (Å²) in [4.78, 5) is 12.5. The Hall–Kier alpha value is -2.09. The van der Waals surface area contributed by atoms with Crippen molar-refractivity contribution in [3.8, 4) is 6.07 Å². The van der Waals surface area contributed by atoms with Crippen LogP contribution in [0.15, 0.2) is 18.2 Å². The van der Waals surface area contributed by atoms with Gasteiger partial charge in [0.1, 0.15) is 6.07 Å². The first kappa shape index (κ1) is 13.3. The van der Waals surface area contributed by atoms with Gasteiger partial charge in [0.2, 0.25) is 0 Å². The van der Waals surface area contributed by atoms with Gasteiger partial charge in [-0.1, -0.05) is 13.8 Å². The zero-order chi connectivity index (χ0) is 14.0. The molecule has 0 amide bonds. The van der Waals surface area contributed by atoms with Gasteiger partial charge in [0, 0.05) is 24.7 Å². The molecule has 1 unspecified atom stereocenters. The van der Waals surface area contributed by atoms with E-state index in [4.69, 9.17) is 0 Å². The summed E-state index contributed by atoms with van der Waals surface area (Å²) in [7, 11) is 0. The highest BCUT2D eigenvalue weighted by atomic mass is 16.6. The van der Waals surface area contributed by atoms with Gasteiger partial charge in [-0.3, -0.25) is 10.1 Å². The number of nitriles is 1. The van der Waals surface area contributed by atoms with E-state index in [-0.39, 0.29) is 5.69 Å². The van der Waals surface area contributed by atoms with Gasteiger partial charge in [0.25, 0.3) is 5.69 Å². The maximum atomic E-state index is 10.8. The molecule has 1 saturated heterocycles. The summed E-state index contributed by atoms with van der Waals surface area (Å²) in [6.07, 6.45) is 2.21. The van der Waals surface area contributed by atoms with E-state index in [2.05, 4.69) is 24.8 Å². The molecule has 0 bridgehead atoms. The predicted molar refractivity (Wildman–Crippen MR) is 73.0 cm³/mol. The Balaban J connectivity index is 2.40. The quantitative estimate of drug-likeness (QED) is 0.617. The molecule has 1 aliphatic rings. The van der Waals surface area contributed by atoms with E-state index in [1.54, 1.807) is 6.07 Å². The molecule has 1 atom stereocenters. The minimum Gasteiger partial charge on any atom is -0.367 e. The summed E-state index contributed by atoms with van der Waals surface area (Å²) in [5.74, 6) is 0.504. The van der Waals surface area contributed by atoms with Crippen LogP contribution in [0.2, 0.25) is 0 Å². The number of rotatable bonds is 3. The second-order valence-electron chi connectivity index (χ2n) is 5.22. The molecular formula is C14H17N3O2. The van der Waals surface area contributed by atoms with E-state index in [0.29, 0.717) is 17.5 Å². The highest BCUT2D eigenvalue weighted by molar-refractivity contribution is 5.64. The average Bonchev–Trinajstić information content (AvgIpc) is 2.87. The maximum Gasteiger partial charge on any atom is 0.270 e. The Bertz CT molecular complexity index is 534. The van der Waals surface area contributed by atoms with Crippen molar-refractivity contribution in [3.05, 3.63) is 33.9 Å². The Kier molecular flexibility index (Phi) is 3.70. The molecule has 100 valence electrons. The zero-order valence-corrected chi connectivity index (χ0v) is 11.2. The van der Waals surface area contributed by atoms with Gasteiger partial charge in [0.05, 0.1) is 16.2 Å². The van der Waals surface area contributed by atoms with Crippen LogP contribution < -0.4 is 4.90 Å². The topological polar surface area (TPSA) is 70.2 Å². The van der Waals surface area contributed by atoms with Crippen molar-refractivity contribution in [2.24, 2.45) is 5.92 Å². The van der Waals surface area contributed by atoms with Gasteiger partial charge >= 0.3 is 0 Å². The lowest BCUT2D eigenvalue weighted by Gasteiger charge is -2.30. The van der Waals surface area contributed by atoms with E-state index < -0.39 is 4.92 Å². The van der Waals surface area contributed by atoms with Gasteiger partial charge in [-0.25, -0.2) is 0 Å². The summed E-state index contributed by atoms with van der Waals surface area (Å²) in [5.41, 5.74) is 1.19. The molecule has 1 aromatic carbocycles. The number of nitrogens with zero attached hydrogens (tertiary/aromatic N) is 3. The zero-order valence-electron chi connectivity index (χ0n) is 11.2. The Morgan fingerprint density at radius 2 is 2.26 bits per heavy atom. The fourth-order valence-electron chi connectivity index (χ4n) is 2.76. The Labute approximate surface area is 112 Å². The number of hydrogen-bond donors (Lipinski definition) is 0. The van der Waals surface area contributed by atoms with E-state index in [1.165, 1.54) is 12.1 Å². The van der Waals surface area contributed by atoms with E-state index in [0.717, 1.165) is 25.1 Å². The Morgan fingerprint density at radius 3 is 2.84 bits per heavy atom. The molecule has 5 heteroatoms. The van der Waals surface area contributed by atoms with E-state index in [9.17, 15) is 15.4 Å². The van der Waals surface area contributed by atoms with Crippen LogP contribution in [0.3, 0.4) is 0 Å². The van der Waals surface area contributed by atoms with Crippen LogP contribution in [0.1, 0.15) is 32.3 Å². The Morgan fingerprint density at radius 1 is 1.53 bits per heavy atom. The minimum atomic E-state index is -0.464. The van der Waals surface area contributed by atoms with Gasteiger partial charge in [-0.05, 0) is 24.8 Å². The monoisotopic (exact) mass is 259 g/mol. The summed E-state index contributed by atoms with van der Waals surface area (Å²) < 4.78 is 0. The van der Waals surface area contributed by atoms with E-state index >= 15 is 0 Å². The van der Waals surface area contributed by atoms with Crippen LogP contribution in [0.25, 0.3) is 0 Å². The van der Waals surface area contributed by atoms with Crippen LogP contribution in [-0.4, -0.2) is 17.5 Å². The van der Waals surface area contributed by atoms with Crippen LogP contribution in [-0.2, 0) is 0 Å². The van der Waals surface area contributed by atoms with Crippen molar-refractivity contribution >= 4 is 11.4 Å². The van der Waals surface area contributed by atoms with Gasteiger partial charge in [0.15, 0.2) is 0 Å². The molecule has 0 N–H and O–H groups in total. The molecule has 0 radical (unpaired) electrons. The molecule has 1 aromatic rings. The lowest BCUT2D eigenvalue weighted by atomic mass is 10.0. The predicted octanol–water partition coefficient (Wildman–Crippen LogP) is 3.09. The fourth-order valence-corrected chi connectivity index (χ4v) is 2.76. The second kappa shape index (κ2) is 5.27. The van der Waals surface area contributed by atoms with Crippen molar-refractivity contribution in [3.63, 3.8) is 0 Å². The highest BCUT2D eigenvalue weighted by Crippen LogP contribution is 2.33. The van der Waals surface area contributed by atoms with Gasteiger partial charge in [-0.15, -0.1) is 0 Å². The molecule has 5 nitrogen and oxygen atoms in total. The SMILES string of the molecule is CC(C)C1CCCN1c1ccc([N+](=O)[O-])cc1C#N. The van der Waals surface area contributed by atoms with Crippen molar-refractivity contribution < 1.29 is 4.92 Å². The van der Waals surface area contributed by atoms with Crippen molar-refractivity contribution in [2.75, 3.05) is 11.4 Å². The summed E-state index contributed by atoms with van der Waals surface area (Å²) in [5, 5.41) is 20.0. The minimum absolute atomic E-state index is 0.0272. The molecule has 1 fully saturated rings. The molecule has 19 heavy (non-hydrogen) atoms. The molecule has 1 aliphatic heterocycles. The first-order valence-corrected chi connectivity index (χ1v) is 6.49. The molecule has 0 spiro atoms. The number of anilines is 1. The molecular weight excluding hydrogens is 242 g/mol. The molecule has 0 saturated carbocycles. The van der Waals surface area contributed by atoms with E-state index in [1.807, 2.05) is 0 Å². The number of nitro benzene ring substituents is 1. The lowest BCUT2D eigenvalue weighted by molar-refractivity contribution is -0.384. The van der Waals surface area contributed by atoms with Crippen molar-refractivity contribution in [2.45, 2.75) is 32.7 Å². The average molecular weight is 259 g/mol. The number of hydrogen-bond acceptors (Lipinski definition) is 4. The second-order valence-corrected chi connectivity index (χ2v) is 5.22. The smallest absolute Gasteiger partial charge is 0.270 e. The maximum absolute atomic E-state index is 10.8. The van der Waals surface area contributed by atoms with Crippen LogP contribution in [0, 0.1) is 27.4 Å². The fraction of sp³-hybridized carbons (Fsp3) is 0.500. The van der Waals surface area contributed by atoms with Crippen LogP contribution >= 0.6 is 0 Å². The third-order valence-corrected chi connectivity index (χ3v) is 3.69. The van der Waals surface area contributed by atoms with Gasteiger partial charge < -0.3 is 4.90 Å². The number of nitro groups is 1. The third-order valence-electron chi connectivity index (χ3n) is 3.69. The van der Waals surface area contributed by atoms with Crippen molar-refractivity contribution in [1.29, 1.82) is 5.26 Å². The third kappa shape index (κ3) is 2.53. The first-order chi connectivity index (χ1) is 9.04. The van der Waals surface area contributed by atoms with Crippen molar-refractivity contribution in [1.82, 2.24) is 0 Å². The summed E-state index contributed by atoms with van der Waals surface area (Å²) in [6, 6.07) is 7.04. The number of non-ortho nitro benzene ring substituents is 1. The lowest BCUT2D eigenvalue weighted by Crippen LogP contribution is -2.33. The van der Waals surface area contributed by atoms with Gasteiger partial charge in [-0.2, -0.15) is 5.26 Å². The summed E-state index contributed by atoms with van der Waals surface area (Å²) in [6.45, 7) is 5.25. The largest absolute Gasteiger partial charge is 0.367 e. The molecule has 0 aliphatic carbocycles. The molecule has 1 heterocycles.